The van der Waals surface area contributed by atoms with E-state index in [1.165, 1.54) is 12.3 Å². The molecule has 1 amide bonds. The van der Waals surface area contributed by atoms with Crippen LogP contribution in [-0.4, -0.2) is 44.2 Å². The minimum atomic E-state index is -0.951. The number of nitrogens with one attached hydrogen (secondary N) is 2. The van der Waals surface area contributed by atoms with Crippen molar-refractivity contribution in [1.82, 2.24) is 4.98 Å². The molecule has 0 radical (unpaired) electrons. The first kappa shape index (κ1) is 29.2. The summed E-state index contributed by atoms with van der Waals surface area (Å²) in [5.41, 5.74) is 8.67. The highest BCUT2D eigenvalue weighted by atomic mass is 35.5. The fourth-order valence-electron chi connectivity index (χ4n) is 3.80. The monoisotopic (exact) mass is 555 g/mol. The standard InChI is InChI=1S/C27H30ClN5O6/c1-15(2)39-23-10-16(14-34)9-18(21(23)7-8-24(35)36)12-30-26-22(11-19(28)13-31-26)27(37)32-20-5-3-17(4-6-20)25(29)33-38/h3-6,9-11,13,15,34,38H,7-8,12,14H2,1-2H3,(H2,29,33)(H,30,31)(H,32,37)(H,35,36). The zero-order valence-corrected chi connectivity index (χ0v) is 22.2. The van der Waals surface area contributed by atoms with Gasteiger partial charge in [0.25, 0.3) is 5.91 Å². The van der Waals surface area contributed by atoms with Crippen LogP contribution in [0.3, 0.4) is 0 Å². The molecule has 0 spiro atoms. The third kappa shape index (κ3) is 8.06. The summed E-state index contributed by atoms with van der Waals surface area (Å²) in [4.78, 5) is 28.7. The number of hydrogen-bond donors (Lipinski definition) is 6. The summed E-state index contributed by atoms with van der Waals surface area (Å²) in [6, 6.07) is 11.3. The molecule has 0 unspecified atom stereocenters. The molecule has 1 aromatic heterocycles. The Hall–Kier alpha value is -4.35. The molecule has 12 heteroatoms. The number of aromatic nitrogens is 1. The number of aliphatic carboxylic acids is 1. The highest BCUT2D eigenvalue weighted by molar-refractivity contribution is 6.31. The van der Waals surface area contributed by atoms with Gasteiger partial charge in [-0.05, 0) is 73.4 Å². The van der Waals surface area contributed by atoms with Crippen LogP contribution in [0, 0.1) is 0 Å². The van der Waals surface area contributed by atoms with Crippen molar-refractivity contribution in [2.45, 2.75) is 45.9 Å². The number of benzene rings is 2. The van der Waals surface area contributed by atoms with E-state index in [2.05, 4.69) is 20.8 Å². The number of aliphatic hydroxyl groups excluding tert-OH is 1. The molecule has 0 bridgehead atoms. The molecule has 0 atom stereocenters. The van der Waals surface area contributed by atoms with Gasteiger partial charge in [0.15, 0.2) is 5.84 Å². The zero-order chi connectivity index (χ0) is 28.5. The van der Waals surface area contributed by atoms with Crippen LogP contribution in [0.2, 0.25) is 5.02 Å². The minimum Gasteiger partial charge on any atom is -0.491 e. The lowest BCUT2D eigenvalue weighted by Crippen LogP contribution is -2.17. The Bertz CT molecular complexity index is 1360. The van der Waals surface area contributed by atoms with E-state index in [1.807, 2.05) is 13.8 Å². The Morgan fingerprint density at radius 3 is 2.51 bits per heavy atom. The average Bonchev–Trinajstić information content (AvgIpc) is 2.90. The van der Waals surface area contributed by atoms with Crippen LogP contribution in [0.5, 0.6) is 5.75 Å². The molecule has 206 valence electrons. The van der Waals surface area contributed by atoms with E-state index in [0.29, 0.717) is 33.7 Å². The van der Waals surface area contributed by atoms with Crippen molar-refractivity contribution in [2.24, 2.45) is 10.9 Å². The van der Waals surface area contributed by atoms with E-state index in [1.54, 1.807) is 36.4 Å². The summed E-state index contributed by atoms with van der Waals surface area (Å²) >= 11 is 6.14. The van der Waals surface area contributed by atoms with Crippen molar-refractivity contribution in [1.29, 1.82) is 0 Å². The van der Waals surface area contributed by atoms with Gasteiger partial charge in [-0.3, -0.25) is 9.59 Å². The Labute approximate surface area is 230 Å². The predicted octanol–water partition coefficient (Wildman–Crippen LogP) is 3.99. The lowest BCUT2D eigenvalue weighted by Gasteiger charge is -2.20. The van der Waals surface area contributed by atoms with Crippen LogP contribution >= 0.6 is 11.6 Å². The van der Waals surface area contributed by atoms with Crippen LogP contribution in [-0.2, 0) is 24.4 Å². The summed E-state index contributed by atoms with van der Waals surface area (Å²) in [6.45, 7) is 3.65. The van der Waals surface area contributed by atoms with Crippen molar-refractivity contribution in [3.63, 3.8) is 0 Å². The summed E-state index contributed by atoms with van der Waals surface area (Å²) < 4.78 is 5.93. The SMILES string of the molecule is CC(C)Oc1cc(CO)cc(CNc2ncc(Cl)cc2C(=O)Nc2ccc(/C(N)=N/O)cc2)c1CCC(=O)O. The molecule has 0 saturated carbocycles. The van der Waals surface area contributed by atoms with E-state index in [-0.39, 0.29) is 54.3 Å². The molecule has 11 nitrogen and oxygen atoms in total. The van der Waals surface area contributed by atoms with E-state index >= 15 is 0 Å². The number of carboxylic acids is 1. The number of amides is 1. The molecule has 0 saturated heterocycles. The number of nitrogens with zero attached hydrogens (tertiary/aromatic N) is 2. The summed E-state index contributed by atoms with van der Waals surface area (Å²) in [5.74, 6) is -0.758. The van der Waals surface area contributed by atoms with Crippen LogP contribution in [0.25, 0.3) is 0 Å². The van der Waals surface area contributed by atoms with E-state index in [9.17, 15) is 19.8 Å². The number of rotatable bonds is 12. The quantitative estimate of drug-likeness (QED) is 0.0833. The highest BCUT2D eigenvalue weighted by Gasteiger charge is 2.18. The molecule has 0 fully saturated rings. The highest BCUT2D eigenvalue weighted by Crippen LogP contribution is 2.29. The maximum atomic E-state index is 13.1. The van der Waals surface area contributed by atoms with Gasteiger partial charge in [0.05, 0.1) is 23.3 Å². The first-order valence-corrected chi connectivity index (χ1v) is 12.4. The number of oxime groups is 1. The second kappa shape index (κ2) is 13.4. The number of carbonyl (C=O) groups excluding carboxylic acids is 1. The number of nitrogens with two attached hydrogens (primary N) is 1. The number of pyridine rings is 1. The first-order valence-electron chi connectivity index (χ1n) is 12.0. The maximum Gasteiger partial charge on any atom is 0.303 e. The van der Waals surface area contributed by atoms with Crippen molar-refractivity contribution in [2.75, 3.05) is 10.6 Å². The molecule has 0 aliphatic rings. The Morgan fingerprint density at radius 2 is 1.90 bits per heavy atom. The number of hydrogen-bond acceptors (Lipinski definition) is 8. The van der Waals surface area contributed by atoms with Crippen LogP contribution in [0.1, 0.15) is 52.9 Å². The Kier molecular flexibility index (Phi) is 10.1. The lowest BCUT2D eigenvalue weighted by atomic mass is 9.98. The molecule has 7 N–H and O–H groups in total. The second-order valence-electron chi connectivity index (χ2n) is 8.87. The van der Waals surface area contributed by atoms with Gasteiger partial charge >= 0.3 is 5.97 Å². The summed E-state index contributed by atoms with van der Waals surface area (Å²) in [6.07, 6.45) is 1.33. The second-order valence-corrected chi connectivity index (χ2v) is 9.31. The summed E-state index contributed by atoms with van der Waals surface area (Å²) in [5, 5.41) is 37.0. The number of anilines is 2. The van der Waals surface area contributed by atoms with Crippen LogP contribution < -0.4 is 21.1 Å². The van der Waals surface area contributed by atoms with Crippen molar-refractivity contribution < 1.29 is 29.7 Å². The molecular weight excluding hydrogens is 526 g/mol. The third-order valence-electron chi connectivity index (χ3n) is 5.59. The zero-order valence-electron chi connectivity index (χ0n) is 21.4. The van der Waals surface area contributed by atoms with Gasteiger partial charge < -0.3 is 36.5 Å². The van der Waals surface area contributed by atoms with Crippen LogP contribution in [0.4, 0.5) is 11.5 Å². The maximum absolute atomic E-state index is 13.1. The largest absolute Gasteiger partial charge is 0.491 e. The van der Waals surface area contributed by atoms with Gasteiger partial charge in [0.2, 0.25) is 0 Å². The first-order chi connectivity index (χ1) is 18.6. The van der Waals surface area contributed by atoms with Gasteiger partial charge in [-0.2, -0.15) is 0 Å². The average molecular weight is 556 g/mol. The van der Waals surface area contributed by atoms with Gasteiger partial charge in [-0.15, -0.1) is 0 Å². The molecule has 0 aliphatic carbocycles. The van der Waals surface area contributed by atoms with Crippen molar-refractivity contribution >= 4 is 40.8 Å². The normalized spacial score (nSPS) is 11.4. The molecule has 2 aromatic carbocycles. The van der Waals surface area contributed by atoms with Gasteiger partial charge in [-0.1, -0.05) is 22.8 Å². The van der Waals surface area contributed by atoms with Gasteiger partial charge in [-0.25, -0.2) is 4.98 Å². The van der Waals surface area contributed by atoms with E-state index in [4.69, 9.17) is 27.3 Å². The molecule has 39 heavy (non-hydrogen) atoms. The molecule has 0 aliphatic heterocycles. The minimum absolute atomic E-state index is 0.0617. The number of carboxylic acid groups (broad SMARTS) is 1. The molecule has 3 aromatic rings. The van der Waals surface area contributed by atoms with E-state index < -0.39 is 11.9 Å². The lowest BCUT2D eigenvalue weighted by molar-refractivity contribution is -0.136. The Balaban J connectivity index is 1.89. The number of ether oxygens (including phenoxy) is 1. The molecule has 3 rings (SSSR count). The number of amidine groups is 1. The van der Waals surface area contributed by atoms with Crippen molar-refractivity contribution in [3.05, 3.63) is 81.5 Å². The number of carbonyl (C=O) groups is 2. The van der Waals surface area contributed by atoms with Crippen LogP contribution in [0.15, 0.2) is 53.8 Å². The number of aliphatic hydroxyl groups is 1. The molecular formula is C27H30ClN5O6. The fraction of sp³-hybridized carbons (Fsp3) is 0.259. The smallest absolute Gasteiger partial charge is 0.303 e. The fourth-order valence-corrected chi connectivity index (χ4v) is 3.96. The summed E-state index contributed by atoms with van der Waals surface area (Å²) in [7, 11) is 0. The predicted molar refractivity (Wildman–Crippen MR) is 148 cm³/mol. The van der Waals surface area contributed by atoms with Gasteiger partial charge in [0, 0.05) is 30.4 Å². The topological polar surface area (TPSA) is 179 Å². The Morgan fingerprint density at radius 1 is 1.18 bits per heavy atom. The third-order valence-corrected chi connectivity index (χ3v) is 5.79. The van der Waals surface area contributed by atoms with Crippen molar-refractivity contribution in [3.8, 4) is 5.75 Å². The number of halogens is 1. The van der Waals surface area contributed by atoms with Gasteiger partial charge in [0.1, 0.15) is 11.6 Å². The van der Waals surface area contributed by atoms with E-state index in [0.717, 1.165) is 0 Å². The molecule has 1 heterocycles.